The lowest BCUT2D eigenvalue weighted by Crippen LogP contribution is -2.38. The van der Waals surface area contributed by atoms with E-state index in [0.29, 0.717) is 12.3 Å². The van der Waals surface area contributed by atoms with Gasteiger partial charge in [-0.3, -0.25) is 9.63 Å². The second kappa shape index (κ2) is 2.96. The average Bonchev–Trinajstić information content (AvgIpc) is 2.41. The summed E-state index contributed by atoms with van der Waals surface area (Å²) in [5.41, 5.74) is 0. The SMILES string of the molecule is CC(C)[C@@H]1[C@H]2OC(=O)C[C@H]2ON1C. The number of likely N-dealkylation sites (N-methyl/N-ethyl adjacent to an activating group) is 1. The first-order valence-corrected chi connectivity index (χ1v) is 4.68. The van der Waals surface area contributed by atoms with Gasteiger partial charge in [-0.25, -0.2) is 0 Å². The molecule has 2 heterocycles. The average molecular weight is 185 g/mol. The van der Waals surface area contributed by atoms with Gasteiger partial charge in [-0.05, 0) is 5.92 Å². The Hall–Kier alpha value is -0.610. The maximum Gasteiger partial charge on any atom is 0.309 e. The van der Waals surface area contributed by atoms with Crippen molar-refractivity contribution in [3.8, 4) is 0 Å². The lowest BCUT2D eigenvalue weighted by atomic mass is 9.96. The summed E-state index contributed by atoms with van der Waals surface area (Å²) < 4.78 is 5.22. The number of carbonyl (C=O) groups is 1. The van der Waals surface area contributed by atoms with Gasteiger partial charge in [0.2, 0.25) is 0 Å². The first kappa shape index (κ1) is 8.97. The molecule has 2 aliphatic heterocycles. The van der Waals surface area contributed by atoms with Crippen LogP contribution in [0.25, 0.3) is 0 Å². The van der Waals surface area contributed by atoms with E-state index in [4.69, 9.17) is 9.57 Å². The van der Waals surface area contributed by atoms with E-state index in [1.54, 1.807) is 0 Å². The molecule has 0 N–H and O–H groups in total. The zero-order valence-electron chi connectivity index (χ0n) is 8.19. The van der Waals surface area contributed by atoms with Crippen molar-refractivity contribution < 1.29 is 14.4 Å². The molecule has 0 aromatic carbocycles. The molecule has 2 fully saturated rings. The largest absolute Gasteiger partial charge is 0.458 e. The molecular formula is C9H15NO3. The second-order valence-corrected chi connectivity index (χ2v) is 4.08. The molecule has 4 nitrogen and oxygen atoms in total. The summed E-state index contributed by atoms with van der Waals surface area (Å²) in [4.78, 5) is 16.5. The van der Waals surface area contributed by atoms with Crippen LogP contribution in [0.4, 0.5) is 0 Å². The molecule has 2 aliphatic rings. The minimum Gasteiger partial charge on any atom is -0.458 e. The molecule has 0 aliphatic carbocycles. The van der Waals surface area contributed by atoms with Crippen LogP contribution in [0.15, 0.2) is 0 Å². The van der Waals surface area contributed by atoms with Crippen LogP contribution in [-0.4, -0.2) is 36.3 Å². The topological polar surface area (TPSA) is 38.8 Å². The van der Waals surface area contributed by atoms with Gasteiger partial charge in [0.05, 0.1) is 12.5 Å². The van der Waals surface area contributed by atoms with Crippen LogP contribution in [0.3, 0.4) is 0 Å². The number of rotatable bonds is 1. The summed E-state index contributed by atoms with van der Waals surface area (Å²) >= 11 is 0. The number of ether oxygens (including phenoxy) is 1. The quantitative estimate of drug-likeness (QED) is 0.560. The molecule has 0 saturated carbocycles. The molecule has 0 unspecified atom stereocenters. The minimum atomic E-state index is -0.131. The molecule has 0 aromatic rings. The smallest absolute Gasteiger partial charge is 0.309 e. The van der Waals surface area contributed by atoms with Crippen LogP contribution >= 0.6 is 0 Å². The minimum absolute atomic E-state index is 0.0510. The molecule has 13 heavy (non-hydrogen) atoms. The molecular weight excluding hydrogens is 170 g/mol. The van der Waals surface area contributed by atoms with E-state index in [1.807, 2.05) is 12.1 Å². The van der Waals surface area contributed by atoms with Crippen molar-refractivity contribution >= 4 is 5.97 Å². The number of esters is 1. The van der Waals surface area contributed by atoms with Crippen LogP contribution in [0.2, 0.25) is 0 Å². The van der Waals surface area contributed by atoms with Crippen molar-refractivity contribution in [3.63, 3.8) is 0 Å². The van der Waals surface area contributed by atoms with E-state index >= 15 is 0 Å². The lowest BCUT2D eigenvalue weighted by molar-refractivity contribution is -0.159. The monoisotopic (exact) mass is 185 g/mol. The van der Waals surface area contributed by atoms with Gasteiger partial charge in [0.1, 0.15) is 12.2 Å². The van der Waals surface area contributed by atoms with E-state index in [1.165, 1.54) is 0 Å². The van der Waals surface area contributed by atoms with E-state index in [-0.39, 0.29) is 24.2 Å². The molecule has 0 bridgehead atoms. The fourth-order valence-electron chi connectivity index (χ4n) is 2.23. The summed E-state index contributed by atoms with van der Waals surface area (Å²) in [7, 11) is 1.90. The third kappa shape index (κ3) is 1.34. The van der Waals surface area contributed by atoms with Gasteiger partial charge in [-0.2, -0.15) is 5.06 Å². The van der Waals surface area contributed by atoms with E-state index < -0.39 is 0 Å². The Bertz CT molecular complexity index is 229. The van der Waals surface area contributed by atoms with Gasteiger partial charge in [-0.1, -0.05) is 13.8 Å². The molecule has 0 radical (unpaired) electrons. The van der Waals surface area contributed by atoms with Crippen molar-refractivity contribution in [2.45, 2.75) is 38.5 Å². The van der Waals surface area contributed by atoms with E-state index in [2.05, 4.69) is 13.8 Å². The predicted octanol–water partition coefficient (Wildman–Crippen LogP) is 0.572. The first-order valence-electron chi connectivity index (χ1n) is 4.68. The van der Waals surface area contributed by atoms with Gasteiger partial charge >= 0.3 is 5.97 Å². The van der Waals surface area contributed by atoms with Gasteiger partial charge in [0.15, 0.2) is 0 Å². The highest BCUT2D eigenvalue weighted by Gasteiger charge is 2.50. The zero-order chi connectivity index (χ0) is 9.59. The highest BCUT2D eigenvalue weighted by Crippen LogP contribution is 2.34. The first-order chi connectivity index (χ1) is 6.09. The summed E-state index contributed by atoms with van der Waals surface area (Å²) in [5.74, 6) is 0.305. The number of hydrogen-bond donors (Lipinski definition) is 0. The Morgan fingerprint density at radius 1 is 1.54 bits per heavy atom. The lowest BCUT2D eigenvalue weighted by Gasteiger charge is -2.24. The molecule has 0 amide bonds. The van der Waals surface area contributed by atoms with Crippen molar-refractivity contribution in [2.75, 3.05) is 7.05 Å². The van der Waals surface area contributed by atoms with Crippen LogP contribution < -0.4 is 0 Å². The normalized spacial score (nSPS) is 39.7. The maximum atomic E-state index is 11.0. The van der Waals surface area contributed by atoms with Gasteiger partial charge in [0.25, 0.3) is 0 Å². The summed E-state index contributed by atoms with van der Waals surface area (Å²) in [6.07, 6.45) is 0.292. The molecule has 74 valence electrons. The summed E-state index contributed by atoms with van der Waals surface area (Å²) in [6.45, 7) is 4.22. The van der Waals surface area contributed by atoms with Crippen molar-refractivity contribution in [1.29, 1.82) is 0 Å². The van der Waals surface area contributed by atoms with Gasteiger partial charge in [0, 0.05) is 7.05 Å². The molecule has 4 heteroatoms. The number of nitrogens with zero attached hydrogens (tertiary/aromatic N) is 1. The summed E-state index contributed by atoms with van der Waals surface area (Å²) in [5, 5.41) is 1.83. The van der Waals surface area contributed by atoms with Crippen LogP contribution in [-0.2, 0) is 14.4 Å². The molecule has 0 aromatic heterocycles. The Labute approximate surface area is 77.7 Å². The van der Waals surface area contributed by atoms with Gasteiger partial charge in [-0.15, -0.1) is 0 Å². The maximum absolute atomic E-state index is 11.0. The van der Waals surface area contributed by atoms with Crippen LogP contribution in [0, 0.1) is 5.92 Å². The fourth-order valence-corrected chi connectivity index (χ4v) is 2.23. The standard InChI is InChI=1S/C9H15NO3/c1-5(2)8-9-6(13-10(8)3)4-7(11)12-9/h5-6,8-9H,4H2,1-3H3/t6-,8-,9+/m1/s1. The van der Waals surface area contributed by atoms with Gasteiger partial charge < -0.3 is 4.74 Å². The Morgan fingerprint density at radius 3 is 2.85 bits per heavy atom. The van der Waals surface area contributed by atoms with Crippen molar-refractivity contribution in [1.82, 2.24) is 5.06 Å². The highest BCUT2D eigenvalue weighted by molar-refractivity contribution is 5.72. The predicted molar refractivity (Wildman–Crippen MR) is 45.8 cm³/mol. The second-order valence-electron chi connectivity index (χ2n) is 4.08. The summed E-state index contributed by atoms with van der Waals surface area (Å²) in [6, 6.07) is 0.205. The molecule has 0 spiro atoms. The Balaban J connectivity index is 2.14. The molecule has 2 saturated heterocycles. The third-order valence-corrected chi connectivity index (χ3v) is 2.74. The van der Waals surface area contributed by atoms with E-state index in [9.17, 15) is 4.79 Å². The van der Waals surface area contributed by atoms with Crippen molar-refractivity contribution in [3.05, 3.63) is 0 Å². The zero-order valence-corrected chi connectivity index (χ0v) is 8.19. The van der Waals surface area contributed by atoms with Crippen LogP contribution in [0.5, 0.6) is 0 Å². The van der Waals surface area contributed by atoms with Crippen LogP contribution in [0.1, 0.15) is 20.3 Å². The Morgan fingerprint density at radius 2 is 2.23 bits per heavy atom. The number of fused-ring (bicyclic) bond motifs is 1. The molecule has 3 atom stereocenters. The number of hydrogen-bond acceptors (Lipinski definition) is 4. The number of hydroxylamine groups is 2. The van der Waals surface area contributed by atoms with E-state index in [0.717, 1.165) is 0 Å². The third-order valence-electron chi connectivity index (χ3n) is 2.74. The highest BCUT2D eigenvalue weighted by atomic mass is 16.7. The van der Waals surface area contributed by atoms with Crippen molar-refractivity contribution in [2.24, 2.45) is 5.92 Å². The fraction of sp³-hybridized carbons (Fsp3) is 0.889. The Kier molecular flexibility index (Phi) is 2.04. The number of carbonyl (C=O) groups excluding carboxylic acids is 1. The molecule has 2 rings (SSSR count).